The van der Waals surface area contributed by atoms with E-state index in [1.54, 1.807) is 0 Å². The highest BCUT2D eigenvalue weighted by atomic mass is 15.3. The van der Waals surface area contributed by atoms with Crippen molar-refractivity contribution in [3.8, 4) is 11.3 Å². The predicted molar refractivity (Wildman–Crippen MR) is 75.6 cm³/mol. The summed E-state index contributed by atoms with van der Waals surface area (Å²) >= 11 is 0. The van der Waals surface area contributed by atoms with Crippen LogP contribution in [0.4, 0.5) is 0 Å². The highest BCUT2D eigenvalue weighted by Crippen LogP contribution is 2.26. The Morgan fingerprint density at radius 1 is 1.17 bits per heavy atom. The van der Waals surface area contributed by atoms with Gasteiger partial charge in [-0.25, -0.2) is 0 Å². The summed E-state index contributed by atoms with van der Waals surface area (Å²) in [6.45, 7) is 7.27. The molecule has 1 N–H and O–H groups in total. The topological polar surface area (TPSA) is 29.9 Å². The van der Waals surface area contributed by atoms with Gasteiger partial charge in [0.25, 0.3) is 0 Å². The molecule has 0 unspecified atom stereocenters. The first-order valence-corrected chi connectivity index (χ1v) is 6.29. The minimum absolute atomic E-state index is 0.847. The summed E-state index contributed by atoms with van der Waals surface area (Å²) in [5.74, 6) is 0. The van der Waals surface area contributed by atoms with Crippen molar-refractivity contribution in [3.05, 3.63) is 40.6 Å². The minimum atomic E-state index is 0.847. The maximum absolute atomic E-state index is 4.65. The Kier molecular flexibility index (Phi) is 3.53. The van der Waals surface area contributed by atoms with E-state index in [4.69, 9.17) is 0 Å². The third-order valence-electron chi connectivity index (χ3n) is 3.55. The van der Waals surface area contributed by atoms with E-state index in [1.807, 2.05) is 18.8 Å². The molecule has 0 amide bonds. The summed E-state index contributed by atoms with van der Waals surface area (Å²) in [6, 6.07) is 6.53. The van der Waals surface area contributed by atoms with Crippen LogP contribution in [-0.2, 0) is 13.6 Å². The second kappa shape index (κ2) is 4.94. The minimum Gasteiger partial charge on any atom is -0.314 e. The largest absolute Gasteiger partial charge is 0.314 e. The molecule has 0 aliphatic carbocycles. The fourth-order valence-corrected chi connectivity index (χ4v) is 2.24. The van der Waals surface area contributed by atoms with Gasteiger partial charge in [0, 0.05) is 19.2 Å². The van der Waals surface area contributed by atoms with Gasteiger partial charge in [0.1, 0.15) is 0 Å². The van der Waals surface area contributed by atoms with Crippen LogP contribution in [0.25, 0.3) is 11.3 Å². The molecule has 0 spiro atoms. The van der Waals surface area contributed by atoms with Crippen LogP contribution in [0.5, 0.6) is 0 Å². The number of rotatable bonds is 3. The molecule has 96 valence electrons. The van der Waals surface area contributed by atoms with Gasteiger partial charge in [-0.3, -0.25) is 4.68 Å². The van der Waals surface area contributed by atoms with Crippen molar-refractivity contribution in [2.24, 2.45) is 7.05 Å². The second-order valence-electron chi connectivity index (χ2n) is 4.87. The molecule has 2 aromatic rings. The molecule has 0 saturated carbocycles. The number of benzene rings is 1. The Morgan fingerprint density at radius 2 is 1.89 bits per heavy atom. The number of aryl methyl sites for hydroxylation is 3. The van der Waals surface area contributed by atoms with Crippen LogP contribution >= 0.6 is 0 Å². The maximum atomic E-state index is 4.65. The first-order valence-electron chi connectivity index (χ1n) is 6.29. The summed E-state index contributed by atoms with van der Waals surface area (Å²) < 4.78 is 1.97. The SMILES string of the molecule is CNCc1c(C)c(-c2ccc(C)c(C)c2)nn1C. The summed E-state index contributed by atoms with van der Waals surface area (Å²) in [5.41, 5.74) is 7.43. The first-order chi connectivity index (χ1) is 8.54. The van der Waals surface area contributed by atoms with E-state index in [-0.39, 0.29) is 0 Å². The van der Waals surface area contributed by atoms with Gasteiger partial charge >= 0.3 is 0 Å². The molecular weight excluding hydrogens is 222 g/mol. The molecule has 1 aromatic carbocycles. The molecule has 2 rings (SSSR count). The third-order valence-corrected chi connectivity index (χ3v) is 3.55. The molecule has 0 aliphatic heterocycles. The van der Waals surface area contributed by atoms with E-state index in [0.717, 1.165) is 12.2 Å². The maximum Gasteiger partial charge on any atom is 0.0955 e. The predicted octanol–water partition coefficient (Wildman–Crippen LogP) is 2.73. The van der Waals surface area contributed by atoms with Gasteiger partial charge < -0.3 is 5.32 Å². The molecule has 0 bridgehead atoms. The quantitative estimate of drug-likeness (QED) is 0.898. The van der Waals surface area contributed by atoms with E-state index in [0.29, 0.717) is 0 Å². The number of aromatic nitrogens is 2. The lowest BCUT2D eigenvalue weighted by atomic mass is 10.0. The molecule has 0 radical (unpaired) electrons. The lowest BCUT2D eigenvalue weighted by Crippen LogP contribution is -2.10. The number of hydrogen-bond acceptors (Lipinski definition) is 2. The Hall–Kier alpha value is -1.61. The van der Waals surface area contributed by atoms with E-state index in [9.17, 15) is 0 Å². The van der Waals surface area contributed by atoms with E-state index in [2.05, 4.69) is 49.4 Å². The molecular formula is C15H21N3. The van der Waals surface area contributed by atoms with Crippen LogP contribution in [0.2, 0.25) is 0 Å². The fraction of sp³-hybridized carbons (Fsp3) is 0.400. The van der Waals surface area contributed by atoms with Gasteiger partial charge in [0.05, 0.1) is 11.4 Å². The second-order valence-corrected chi connectivity index (χ2v) is 4.87. The monoisotopic (exact) mass is 243 g/mol. The van der Waals surface area contributed by atoms with E-state index in [1.165, 1.54) is 27.9 Å². The molecule has 0 atom stereocenters. The molecule has 0 fully saturated rings. The number of nitrogens with zero attached hydrogens (tertiary/aromatic N) is 2. The average Bonchev–Trinajstić information content (AvgIpc) is 2.61. The van der Waals surface area contributed by atoms with E-state index < -0.39 is 0 Å². The summed E-state index contributed by atoms with van der Waals surface area (Å²) in [4.78, 5) is 0. The van der Waals surface area contributed by atoms with Gasteiger partial charge in [-0.1, -0.05) is 12.1 Å². The summed E-state index contributed by atoms with van der Waals surface area (Å²) in [6.07, 6.45) is 0. The van der Waals surface area contributed by atoms with Gasteiger partial charge in [0.2, 0.25) is 0 Å². The standard InChI is InChI=1S/C15H21N3/c1-10-6-7-13(8-11(10)2)15-12(3)14(9-16-4)18(5)17-15/h6-8,16H,9H2,1-5H3. The zero-order valence-electron chi connectivity index (χ0n) is 11.8. The van der Waals surface area contributed by atoms with Crippen molar-refractivity contribution >= 4 is 0 Å². The molecule has 1 aromatic heterocycles. The number of hydrogen-bond donors (Lipinski definition) is 1. The smallest absolute Gasteiger partial charge is 0.0955 e. The van der Waals surface area contributed by atoms with Crippen molar-refractivity contribution in [2.75, 3.05) is 7.05 Å². The molecule has 1 heterocycles. The lowest BCUT2D eigenvalue weighted by molar-refractivity contribution is 0.671. The number of nitrogens with one attached hydrogen (secondary N) is 1. The Morgan fingerprint density at radius 3 is 2.50 bits per heavy atom. The molecule has 18 heavy (non-hydrogen) atoms. The normalized spacial score (nSPS) is 10.9. The zero-order chi connectivity index (χ0) is 13.3. The summed E-state index contributed by atoms with van der Waals surface area (Å²) in [5, 5.41) is 7.84. The highest BCUT2D eigenvalue weighted by Gasteiger charge is 2.13. The third kappa shape index (κ3) is 2.18. The molecule has 3 nitrogen and oxygen atoms in total. The van der Waals surface area contributed by atoms with Gasteiger partial charge in [0.15, 0.2) is 0 Å². The van der Waals surface area contributed by atoms with Crippen molar-refractivity contribution < 1.29 is 0 Å². The van der Waals surface area contributed by atoms with Gasteiger partial charge in [-0.15, -0.1) is 0 Å². The van der Waals surface area contributed by atoms with Crippen LogP contribution in [0.3, 0.4) is 0 Å². The average molecular weight is 243 g/mol. The Labute approximate surface area is 109 Å². The highest BCUT2D eigenvalue weighted by molar-refractivity contribution is 5.65. The van der Waals surface area contributed by atoms with Crippen molar-refractivity contribution in [1.29, 1.82) is 0 Å². The van der Waals surface area contributed by atoms with Crippen LogP contribution in [0, 0.1) is 20.8 Å². The van der Waals surface area contributed by atoms with E-state index >= 15 is 0 Å². The molecule has 0 aliphatic rings. The summed E-state index contributed by atoms with van der Waals surface area (Å²) in [7, 11) is 3.96. The van der Waals surface area contributed by atoms with Crippen LogP contribution in [0.1, 0.15) is 22.4 Å². The molecule has 0 saturated heterocycles. The van der Waals surface area contributed by atoms with Crippen LogP contribution in [0.15, 0.2) is 18.2 Å². The van der Waals surface area contributed by atoms with Crippen molar-refractivity contribution in [1.82, 2.24) is 15.1 Å². The Bertz CT molecular complexity index is 567. The molecule has 3 heteroatoms. The lowest BCUT2D eigenvalue weighted by Gasteiger charge is -2.04. The van der Waals surface area contributed by atoms with Crippen LogP contribution < -0.4 is 5.32 Å². The fourth-order valence-electron chi connectivity index (χ4n) is 2.24. The van der Waals surface area contributed by atoms with Crippen LogP contribution in [-0.4, -0.2) is 16.8 Å². The van der Waals surface area contributed by atoms with Crippen molar-refractivity contribution in [2.45, 2.75) is 27.3 Å². The van der Waals surface area contributed by atoms with Gasteiger partial charge in [-0.05, 0) is 50.6 Å². The Balaban J connectivity index is 2.50. The van der Waals surface area contributed by atoms with Gasteiger partial charge in [-0.2, -0.15) is 5.10 Å². The first kappa shape index (κ1) is 12.8. The van der Waals surface area contributed by atoms with Crippen molar-refractivity contribution in [3.63, 3.8) is 0 Å². The zero-order valence-corrected chi connectivity index (χ0v) is 11.8.